The van der Waals surface area contributed by atoms with Gasteiger partial charge < -0.3 is 15.7 Å². The van der Waals surface area contributed by atoms with E-state index < -0.39 is 0 Å². The SMILES string of the molecule is CC1(C)C(O)CC1NC(=O)Nc1cnn(Cc2ccccc2)c1. The topological polar surface area (TPSA) is 79.2 Å². The van der Waals surface area contributed by atoms with E-state index in [2.05, 4.69) is 15.7 Å². The molecule has 2 atom stereocenters. The van der Waals surface area contributed by atoms with Gasteiger partial charge in [-0.25, -0.2) is 4.79 Å². The molecule has 1 aromatic heterocycles. The van der Waals surface area contributed by atoms with Gasteiger partial charge in [-0.2, -0.15) is 5.10 Å². The molecule has 6 nitrogen and oxygen atoms in total. The Labute approximate surface area is 135 Å². The van der Waals surface area contributed by atoms with Crippen molar-refractivity contribution in [2.24, 2.45) is 5.41 Å². The number of aromatic nitrogens is 2. The van der Waals surface area contributed by atoms with Gasteiger partial charge in [-0.15, -0.1) is 0 Å². The first-order chi connectivity index (χ1) is 10.9. The van der Waals surface area contributed by atoms with Crippen molar-refractivity contribution in [3.63, 3.8) is 0 Å². The van der Waals surface area contributed by atoms with Crippen LogP contribution in [0.25, 0.3) is 0 Å². The minimum absolute atomic E-state index is 0.0168. The van der Waals surface area contributed by atoms with E-state index in [-0.39, 0.29) is 23.6 Å². The molecule has 6 heteroatoms. The summed E-state index contributed by atoms with van der Waals surface area (Å²) < 4.78 is 1.78. The lowest BCUT2D eigenvalue weighted by Gasteiger charge is -2.49. The third kappa shape index (κ3) is 3.37. The van der Waals surface area contributed by atoms with Crippen LogP contribution in [0.3, 0.4) is 0 Å². The molecule has 2 unspecified atom stereocenters. The average molecular weight is 314 g/mol. The Hall–Kier alpha value is -2.34. The van der Waals surface area contributed by atoms with E-state index in [4.69, 9.17) is 0 Å². The lowest BCUT2D eigenvalue weighted by atomic mass is 9.65. The van der Waals surface area contributed by atoms with Crippen LogP contribution in [0.15, 0.2) is 42.7 Å². The van der Waals surface area contributed by atoms with E-state index in [1.54, 1.807) is 17.1 Å². The fraction of sp³-hybridized carbons (Fsp3) is 0.412. The molecular weight excluding hydrogens is 292 g/mol. The van der Waals surface area contributed by atoms with Gasteiger partial charge in [-0.1, -0.05) is 44.2 Å². The maximum Gasteiger partial charge on any atom is 0.319 e. The predicted molar refractivity (Wildman–Crippen MR) is 88.1 cm³/mol. The molecule has 3 N–H and O–H groups in total. The Morgan fingerprint density at radius 2 is 2.13 bits per heavy atom. The van der Waals surface area contributed by atoms with Crippen LogP contribution in [-0.4, -0.2) is 33.1 Å². The van der Waals surface area contributed by atoms with Crippen molar-refractivity contribution in [2.75, 3.05) is 5.32 Å². The van der Waals surface area contributed by atoms with Crippen molar-refractivity contribution in [3.8, 4) is 0 Å². The maximum absolute atomic E-state index is 12.0. The number of carbonyl (C=O) groups is 1. The van der Waals surface area contributed by atoms with Crippen LogP contribution in [0.5, 0.6) is 0 Å². The molecule has 1 fully saturated rings. The quantitative estimate of drug-likeness (QED) is 0.809. The van der Waals surface area contributed by atoms with E-state index in [1.807, 2.05) is 44.2 Å². The summed E-state index contributed by atoms with van der Waals surface area (Å²) in [4.78, 5) is 12.0. The number of aliphatic hydroxyl groups is 1. The standard InChI is InChI=1S/C17H22N4O2/c1-17(2)14(8-15(17)22)20-16(23)19-13-9-18-21(11-13)10-12-6-4-3-5-7-12/h3-7,9,11,14-15,22H,8,10H2,1-2H3,(H2,19,20,23). The number of urea groups is 1. The van der Waals surface area contributed by atoms with Gasteiger partial charge in [0.15, 0.2) is 0 Å². The van der Waals surface area contributed by atoms with Crippen LogP contribution >= 0.6 is 0 Å². The molecule has 0 radical (unpaired) electrons. The third-order valence-corrected chi connectivity index (χ3v) is 4.60. The first-order valence-electron chi connectivity index (χ1n) is 7.77. The van der Waals surface area contributed by atoms with Gasteiger partial charge in [0.25, 0.3) is 0 Å². The van der Waals surface area contributed by atoms with E-state index in [1.165, 1.54) is 0 Å². The number of nitrogens with zero attached hydrogens (tertiary/aromatic N) is 2. The minimum atomic E-state index is -0.360. The number of hydrogen-bond acceptors (Lipinski definition) is 3. The average Bonchev–Trinajstić information content (AvgIpc) is 2.95. The number of aliphatic hydroxyl groups excluding tert-OH is 1. The lowest BCUT2D eigenvalue weighted by molar-refractivity contribution is -0.0673. The Balaban J connectivity index is 1.54. The number of rotatable bonds is 4. The Bertz CT molecular complexity index is 681. The van der Waals surface area contributed by atoms with Crippen molar-refractivity contribution in [3.05, 3.63) is 48.3 Å². The zero-order chi connectivity index (χ0) is 16.4. The summed E-state index contributed by atoms with van der Waals surface area (Å²) >= 11 is 0. The van der Waals surface area contributed by atoms with Gasteiger partial charge in [0, 0.05) is 17.7 Å². The zero-order valence-electron chi connectivity index (χ0n) is 13.4. The number of nitrogens with one attached hydrogen (secondary N) is 2. The summed E-state index contributed by atoms with van der Waals surface area (Å²) in [7, 11) is 0. The first-order valence-corrected chi connectivity index (χ1v) is 7.77. The molecule has 122 valence electrons. The van der Waals surface area contributed by atoms with Crippen LogP contribution in [0.4, 0.5) is 10.5 Å². The molecule has 23 heavy (non-hydrogen) atoms. The number of amides is 2. The van der Waals surface area contributed by atoms with Gasteiger partial charge in [0.05, 0.1) is 24.5 Å². The molecule has 0 bridgehead atoms. The van der Waals surface area contributed by atoms with Gasteiger partial charge in [-0.3, -0.25) is 4.68 Å². The molecule has 0 spiro atoms. The van der Waals surface area contributed by atoms with E-state index in [0.717, 1.165) is 5.56 Å². The molecule has 0 saturated heterocycles. The summed E-state index contributed by atoms with van der Waals surface area (Å²) in [5.74, 6) is 0. The van der Waals surface area contributed by atoms with E-state index in [9.17, 15) is 9.90 Å². The second-order valence-electron chi connectivity index (χ2n) is 6.64. The second-order valence-corrected chi connectivity index (χ2v) is 6.64. The van der Waals surface area contributed by atoms with Crippen LogP contribution in [0.1, 0.15) is 25.8 Å². The molecular formula is C17H22N4O2. The highest BCUT2D eigenvalue weighted by Gasteiger charge is 2.47. The number of benzene rings is 1. The number of carbonyl (C=O) groups excluding carboxylic acids is 1. The molecule has 1 saturated carbocycles. The number of hydrogen-bond donors (Lipinski definition) is 3. The molecule has 2 aromatic rings. The van der Waals surface area contributed by atoms with Crippen molar-refractivity contribution in [1.82, 2.24) is 15.1 Å². The van der Waals surface area contributed by atoms with Gasteiger partial charge in [-0.05, 0) is 12.0 Å². The molecule has 3 rings (SSSR count). The van der Waals surface area contributed by atoms with Crippen LogP contribution in [0, 0.1) is 5.41 Å². The van der Waals surface area contributed by atoms with E-state index in [0.29, 0.717) is 18.7 Å². The summed E-state index contributed by atoms with van der Waals surface area (Å²) in [6.45, 7) is 4.56. The monoisotopic (exact) mass is 314 g/mol. The minimum Gasteiger partial charge on any atom is -0.392 e. The molecule has 1 aliphatic rings. The normalized spacial score (nSPS) is 22.2. The summed E-state index contributed by atoms with van der Waals surface area (Å²) in [6, 6.07) is 9.73. The Morgan fingerprint density at radius 3 is 2.78 bits per heavy atom. The molecule has 1 heterocycles. The maximum atomic E-state index is 12.0. The highest BCUT2D eigenvalue weighted by molar-refractivity contribution is 5.89. The smallest absolute Gasteiger partial charge is 0.319 e. The van der Waals surface area contributed by atoms with Crippen molar-refractivity contribution >= 4 is 11.7 Å². The summed E-state index contributed by atoms with van der Waals surface area (Å²) in [6.07, 6.45) is 3.66. The van der Waals surface area contributed by atoms with Gasteiger partial charge in [0.1, 0.15) is 0 Å². The zero-order valence-corrected chi connectivity index (χ0v) is 13.4. The van der Waals surface area contributed by atoms with Crippen molar-refractivity contribution in [1.29, 1.82) is 0 Å². The first kappa shape index (κ1) is 15.6. The van der Waals surface area contributed by atoms with Crippen LogP contribution < -0.4 is 10.6 Å². The Morgan fingerprint density at radius 1 is 1.39 bits per heavy atom. The van der Waals surface area contributed by atoms with Gasteiger partial charge in [0.2, 0.25) is 0 Å². The molecule has 0 aliphatic heterocycles. The van der Waals surface area contributed by atoms with Crippen LogP contribution in [0.2, 0.25) is 0 Å². The van der Waals surface area contributed by atoms with Crippen LogP contribution in [-0.2, 0) is 6.54 Å². The second kappa shape index (κ2) is 6.04. The van der Waals surface area contributed by atoms with Crippen molar-refractivity contribution < 1.29 is 9.90 Å². The van der Waals surface area contributed by atoms with Gasteiger partial charge >= 0.3 is 6.03 Å². The molecule has 1 aromatic carbocycles. The Kier molecular flexibility index (Phi) is 4.09. The lowest BCUT2D eigenvalue weighted by Crippen LogP contribution is -2.61. The predicted octanol–water partition coefficient (Wildman–Crippen LogP) is 2.21. The highest BCUT2D eigenvalue weighted by atomic mass is 16.3. The number of anilines is 1. The molecule has 1 aliphatic carbocycles. The molecule has 2 amide bonds. The highest BCUT2D eigenvalue weighted by Crippen LogP contribution is 2.40. The largest absolute Gasteiger partial charge is 0.392 e. The fourth-order valence-electron chi connectivity index (χ4n) is 2.76. The van der Waals surface area contributed by atoms with E-state index >= 15 is 0 Å². The van der Waals surface area contributed by atoms with Crippen molar-refractivity contribution in [2.45, 2.75) is 39.0 Å². The summed E-state index contributed by atoms with van der Waals surface area (Å²) in [5.41, 5.74) is 1.52. The summed E-state index contributed by atoms with van der Waals surface area (Å²) in [5, 5.41) is 19.6. The fourth-order valence-corrected chi connectivity index (χ4v) is 2.76. The third-order valence-electron chi connectivity index (χ3n) is 4.60.